The second kappa shape index (κ2) is 33.3. The Labute approximate surface area is 436 Å². The highest BCUT2D eigenvalue weighted by Gasteiger charge is 2.49. The summed E-state index contributed by atoms with van der Waals surface area (Å²) in [4.78, 5) is 0. The van der Waals surface area contributed by atoms with Crippen molar-refractivity contribution in [1.82, 2.24) is 0 Å². The van der Waals surface area contributed by atoms with Crippen molar-refractivity contribution in [3.8, 4) is 5.75 Å². The maximum absolute atomic E-state index is 7.02. The van der Waals surface area contributed by atoms with E-state index in [-0.39, 0.29) is 19.3 Å². The van der Waals surface area contributed by atoms with E-state index >= 15 is 0 Å². The van der Waals surface area contributed by atoms with E-state index in [1.54, 1.807) is 7.11 Å². The highest BCUT2D eigenvalue weighted by atomic mass is 16.8. The number of hydrogen-bond donors (Lipinski definition) is 0. The van der Waals surface area contributed by atoms with Gasteiger partial charge >= 0.3 is 0 Å². The van der Waals surface area contributed by atoms with Crippen LogP contribution in [0, 0.1) is 0 Å². The molecule has 2 aliphatic heterocycles. The zero-order valence-electron chi connectivity index (χ0n) is 43.6. The molecule has 0 radical (unpaired) electrons. The molecule has 5 aromatic carbocycles. The molecule has 2 heterocycles. The van der Waals surface area contributed by atoms with Crippen LogP contribution in [0.3, 0.4) is 0 Å². The lowest BCUT2D eigenvalue weighted by Gasteiger charge is -2.46. The second-order valence-electron chi connectivity index (χ2n) is 19.3. The average Bonchev–Trinajstić information content (AvgIpc) is 3.93. The molecule has 10 heteroatoms. The molecule has 0 saturated carbocycles. The van der Waals surface area contributed by atoms with Crippen LogP contribution in [0.2, 0.25) is 0 Å². The Morgan fingerprint density at radius 2 is 0.959 bits per heavy atom. The number of benzene rings is 5. The first-order chi connectivity index (χ1) is 36.1. The summed E-state index contributed by atoms with van der Waals surface area (Å²) in [7, 11) is 1.66. The molecule has 0 N–H and O–H groups in total. The fourth-order valence-corrected chi connectivity index (χ4v) is 9.28. The van der Waals surface area contributed by atoms with Gasteiger partial charge in [0.05, 0.1) is 53.4 Å². The zero-order chi connectivity index (χ0) is 50.4. The standard InChI is InChI=1S/C63H82O10/c1-3-4-5-6-7-8-9-10-11-12-13-14-15-16-29-38-58(65-47-56-48-71-62(72-56)54-39-41-55(64-2)42-40-54)66-49-57-59(67-43-50-30-21-17-22-31-50)60(68-44-51-32-23-18-24-33-51)61(69-45-52-34-25-19-26-35-52)63(73-57)70-46-53-36-27-20-28-37-53/h17-42,56-63H,3-16,43-49H2,1-2H3/b38-29+/t56-,57-,58+,59+,60+,61-,62?,63-/m1/s1. The molecule has 8 atom stereocenters. The van der Waals surface area contributed by atoms with E-state index in [1.165, 1.54) is 77.0 Å². The molecular weight excluding hydrogens is 917 g/mol. The number of ether oxygens (including phenoxy) is 10. The Morgan fingerprint density at radius 3 is 1.48 bits per heavy atom. The van der Waals surface area contributed by atoms with Gasteiger partial charge in [0, 0.05) is 5.56 Å². The van der Waals surface area contributed by atoms with Gasteiger partial charge in [-0.25, -0.2) is 0 Å². The summed E-state index contributed by atoms with van der Waals surface area (Å²) < 4.78 is 65.7. The predicted molar refractivity (Wildman–Crippen MR) is 287 cm³/mol. The van der Waals surface area contributed by atoms with E-state index in [0.29, 0.717) is 33.0 Å². The molecule has 0 spiro atoms. The van der Waals surface area contributed by atoms with Crippen LogP contribution in [0.1, 0.15) is 131 Å². The lowest BCUT2D eigenvalue weighted by molar-refractivity contribution is -0.333. The molecule has 2 fully saturated rings. The molecule has 73 heavy (non-hydrogen) atoms. The topological polar surface area (TPSA) is 92.3 Å². The van der Waals surface area contributed by atoms with E-state index < -0.39 is 43.3 Å². The van der Waals surface area contributed by atoms with Gasteiger partial charge in [-0.2, -0.15) is 0 Å². The van der Waals surface area contributed by atoms with Crippen LogP contribution in [-0.4, -0.2) is 70.0 Å². The van der Waals surface area contributed by atoms with Gasteiger partial charge in [0.25, 0.3) is 0 Å². The third-order valence-electron chi connectivity index (χ3n) is 13.5. The Kier molecular flexibility index (Phi) is 25.5. The maximum atomic E-state index is 7.02. The van der Waals surface area contributed by atoms with Crippen LogP contribution in [0.5, 0.6) is 5.75 Å². The summed E-state index contributed by atoms with van der Waals surface area (Å²) in [6.45, 7) is 4.33. The molecule has 10 nitrogen and oxygen atoms in total. The quantitative estimate of drug-likeness (QED) is 0.0222. The van der Waals surface area contributed by atoms with Crippen molar-refractivity contribution in [3.05, 3.63) is 186 Å². The van der Waals surface area contributed by atoms with Gasteiger partial charge in [-0.05, 0) is 53.3 Å². The van der Waals surface area contributed by atoms with Gasteiger partial charge in [0.2, 0.25) is 0 Å². The molecule has 0 aromatic heterocycles. The Balaban J connectivity index is 1.06. The normalized spacial score (nSPS) is 21.4. The number of methoxy groups -OCH3 is 1. The molecule has 394 valence electrons. The smallest absolute Gasteiger partial charge is 0.187 e. The molecule has 0 aliphatic carbocycles. The van der Waals surface area contributed by atoms with Crippen molar-refractivity contribution in [2.45, 2.75) is 173 Å². The minimum absolute atomic E-state index is 0.117. The SMILES string of the molecule is CCCCCCCCCCCCCCC/C=C/[C@@H](OC[C@@H]1COC(c2ccc(OC)cc2)O1)OC[C@H]1O[C@@H](OCc2ccccc2)[C@H](OCc2ccccc2)[C@@H](OCc2ccccc2)[C@H]1OCc1ccccc1. The summed E-state index contributed by atoms with van der Waals surface area (Å²) in [5, 5.41) is 0. The molecular formula is C63H82O10. The Morgan fingerprint density at radius 1 is 0.493 bits per heavy atom. The van der Waals surface area contributed by atoms with Gasteiger partial charge in [0.1, 0.15) is 36.3 Å². The number of allylic oxidation sites excluding steroid dienone is 1. The first kappa shape index (κ1) is 56.0. The van der Waals surface area contributed by atoms with Crippen molar-refractivity contribution in [2.24, 2.45) is 0 Å². The van der Waals surface area contributed by atoms with Gasteiger partial charge in [-0.1, -0.05) is 224 Å². The molecule has 0 bridgehead atoms. The van der Waals surface area contributed by atoms with E-state index in [4.69, 9.17) is 47.4 Å². The largest absolute Gasteiger partial charge is 0.497 e. The third kappa shape index (κ3) is 20.2. The second-order valence-corrected chi connectivity index (χ2v) is 19.3. The molecule has 1 unspecified atom stereocenters. The highest BCUT2D eigenvalue weighted by Crippen LogP contribution is 2.33. The lowest BCUT2D eigenvalue weighted by Crippen LogP contribution is -2.62. The number of unbranched alkanes of at least 4 members (excludes halogenated alkanes) is 13. The van der Waals surface area contributed by atoms with Gasteiger partial charge in [0.15, 0.2) is 18.9 Å². The molecule has 7 rings (SSSR count). The van der Waals surface area contributed by atoms with Crippen molar-refractivity contribution in [3.63, 3.8) is 0 Å². The average molecular weight is 999 g/mol. The molecule has 2 saturated heterocycles. The molecule has 0 amide bonds. The van der Waals surface area contributed by atoms with Crippen molar-refractivity contribution < 1.29 is 47.4 Å². The van der Waals surface area contributed by atoms with Crippen LogP contribution < -0.4 is 4.74 Å². The minimum Gasteiger partial charge on any atom is -0.497 e. The highest BCUT2D eigenvalue weighted by molar-refractivity contribution is 5.28. The van der Waals surface area contributed by atoms with Crippen LogP contribution in [-0.2, 0) is 69.1 Å². The van der Waals surface area contributed by atoms with E-state index in [2.05, 4.69) is 49.4 Å². The summed E-state index contributed by atoms with van der Waals surface area (Å²) in [5.41, 5.74) is 5.01. The van der Waals surface area contributed by atoms with Gasteiger partial charge < -0.3 is 47.4 Å². The maximum Gasteiger partial charge on any atom is 0.187 e. The fraction of sp³-hybridized carbons (Fsp3) is 0.492. The number of hydrogen-bond acceptors (Lipinski definition) is 10. The van der Waals surface area contributed by atoms with Gasteiger partial charge in [-0.15, -0.1) is 0 Å². The molecule has 5 aromatic rings. The van der Waals surface area contributed by atoms with Crippen molar-refractivity contribution in [1.29, 1.82) is 0 Å². The summed E-state index contributed by atoms with van der Waals surface area (Å²) in [6, 6.07) is 48.3. The van der Waals surface area contributed by atoms with E-state index in [9.17, 15) is 0 Å². The lowest BCUT2D eigenvalue weighted by atomic mass is 9.97. The summed E-state index contributed by atoms with van der Waals surface area (Å²) in [6.07, 6.45) is 17.4. The zero-order valence-corrected chi connectivity index (χ0v) is 43.6. The predicted octanol–water partition coefficient (Wildman–Crippen LogP) is 14.2. The minimum atomic E-state index is -0.834. The summed E-state index contributed by atoms with van der Waals surface area (Å²) >= 11 is 0. The van der Waals surface area contributed by atoms with Gasteiger partial charge in [-0.3, -0.25) is 0 Å². The van der Waals surface area contributed by atoms with Crippen LogP contribution >= 0.6 is 0 Å². The monoisotopic (exact) mass is 999 g/mol. The van der Waals surface area contributed by atoms with Crippen molar-refractivity contribution >= 4 is 0 Å². The first-order valence-corrected chi connectivity index (χ1v) is 27.2. The van der Waals surface area contributed by atoms with Crippen LogP contribution in [0.15, 0.2) is 158 Å². The fourth-order valence-electron chi connectivity index (χ4n) is 9.28. The van der Waals surface area contributed by atoms with Crippen molar-refractivity contribution in [2.75, 3.05) is 26.9 Å². The Bertz CT molecular complexity index is 2180. The molecule has 2 aliphatic rings. The Hall–Kier alpha value is -4.72. The number of rotatable bonds is 35. The van der Waals surface area contributed by atoms with Crippen LogP contribution in [0.25, 0.3) is 0 Å². The first-order valence-electron chi connectivity index (χ1n) is 27.2. The van der Waals surface area contributed by atoms with E-state index in [0.717, 1.165) is 46.4 Å². The summed E-state index contributed by atoms with van der Waals surface area (Å²) in [5.74, 6) is 0.778. The van der Waals surface area contributed by atoms with Crippen LogP contribution in [0.4, 0.5) is 0 Å². The third-order valence-corrected chi connectivity index (χ3v) is 13.5. The van der Waals surface area contributed by atoms with E-state index in [1.807, 2.05) is 115 Å².